The van der Waals surface area contributed by atoms with Gasteiger partial charge in [0, 0.05) is 36.7 Å². The van der Waals surface area contributed by atoms with Crippen molar-refractivity contribution in [3.05, 3.63) is 77.8 Å². The smallest absolute Gasteiger partial charge is 0.249 e. The van der Waals surface area contributed by atoms with E-state index in [4.69, 9.17) is 0 Å². The normalized spacial score (nSPS) is 16.7. The Kier molecular flexibility index (Phi) is 6.37. The van der Waals surface area contributed by atoms with Gasteiger partial charge in [-0.25, -0.2) is 4.98 Å². The SMILES string of the molecule is O=C(N[C@H](Cc1ccccc1)C(=O)Nc1nccs1)[C@H]1CC(=O)N(c2ccccc2)C1. The van der Waals surface area contributed by atoms with E-state index in [1.165, 1.54) is 11.3 Å². The fourth-order valence-electron chi connectivity index (χ4n) is 3.57. The number of para-hydroxylation sites is 1. The van der Waals surface area contributed by atoms with Crippen LogP contribution in [-0.4, -0.2) is 35.3 Å². The summed E-state index contributed by atoms with van der Waals surface area (Å²) in [6, 6.07) is 18.0. The van der Waals surface area contributed by atoms with Crippen molar-refractivity contribution in [2.75, 3.05) is 16.8 Å². The number of rotatable bonds is 7. The lowest BCUT2D eigenvalue weighted by atomic mass is 10.0. The van der Waals surface area contributed by atoms with E-state index in [9.17, 15) is 14.4 Å². The van der Waals surface area contributed by atoms with E-state index in [0.717, 1.165) is 11.3 Å². The van der Waals surface area contributed by atoms with E-state index in [-0.39, 0.29) is 24.1 Å². The predicted octanol–water partition coefficient (Wildman–Crippen LogP) is 2.86. The van der Waals surface area contributed by atoms with Gasteiger partial charge in [-0.2, -0.15) is 0 Å². The summed E-state index contributed by atoms with van der Waals surface area (Å²) in [7, 11) is 0. The topological polar surface area (TPSA) is 91.4 Å². The largest absolute Gasteiger partial charge is 0.344 e. The average Bonchev–Trinajstić information content (AvgIpc) is 3.44. The summed E-state index contributed by atoms with van der Waals surface area (Å²) in [6.07, 6.45) is 2.06. The molecule has 8 heteroatoms. The molecule has 31 heavy (non-hydrogen) atoms. The first-order chi connectivity index (χ1) is 15.1. The van der Waals surface area contributed by atoms with Crippen LogP contribution < -0.4 is 15.5 Å². The Bertz CT molecular complexity index is 1040. The number of aromatic nitrogens is 1. The van der Waals surface area contributed by atoms with Crippen LogP contribution in [0.5, 0.6) is 0 Å². The third kappa shape index (κ3) is 5.16. The van der Waals surface area contributed by atoms with Crippen molar-refractivity contribution in [1.29, 1.82) is 0 Å². The predicted molar refractivity (Wildman–Crippen MR) is 120 cm³/mol. The van der Waals surface area contributed by atoms with Crippen LogP contribution in [0.1, 0.15) is 12.0 Å². The van der Waals surface area contributed by atoms with Crippen LogP contribution in [0.15, 0.2) is 72.2 Å². The first kappa shape index (κ1) is 20.7. The molecule has 1 fully saturated rings. The van der Waals surface area contributed by atoms with Gasteiger partial charge < -0.3 is 15.5 Å². The summed E-state index contributed by atoms with van der Waals surface area (Å²) >= 11 is 1.31. The zero-order valence-corrected chi connectivity index (χ0v) is 17.5. The van der Waals surface area contributed by atoms with Crippen molar-refractivity contribution >= 4 is 39.9 Å². The standard InChI is InChI=1S/C23H22N4O3S/c28-20-14-17(15-27(20)18-9-5-2-6-10-18)21(29)25-19(13-16-7-3-1-4-8-16)22(30)26-23-24-11-12-31-23/h1-12,17,19H,13-15H2,(H,25,29)(H,24,26,30)/t17-,19+/m0/s1. The van der Waals surface area contributed by atoms with Gasteiger partial charge in [0.1, 0.15) is 6.04 Å². The van der Waals surface area contributed by atoms with Gasteiger partial charge in [0.25, 0.3) is 0 Å². The summed E-state index contributed by atoms with van der Waals surface area (Å²) in [5.41, 5.74) is 1.70. The van der Waals surface area contributed by atoms with Crippen LogP contribution >= 0.6 is 11.3 Å². The van der Waals surface area contributed by atoms with Crippen molar-refractivity contribution in [1.82, 2.24) is 10.3 Å². The van der Waals surface area contributed by atoms with Gasteiger partial charge in [-0.05, 0) is 17.7 Å². The maximum absolute atomic E-state index is 13.0. The Balaban J connectivity index is 1.46. The number of nitrogens with one attached hydrogen (secondary N) is 2. The second-order valence-corrected chi connectivity index (χ2v) is 8.21. The van der Waals surface area contributed by atoms with Gasteiger partial charge in [0.2, 0.25) is 17.7 Å². The lowest BCUT2D eigenvalue weighted by Crippen LogP contribution is -2.47. The number of carbonyl (C=O) groups is 3. The molecule has 2 heterocycles. The molecule has 1 aliphatic heterocycles. The van der Waals surface area contributed by atoms with E-state index in [1.54, 1.807) is 16.5 Å². The number of hydrogen-bond acceptors (Lipinski definition) is 5. The van der Waals surface area contributed by atoms with Gasteiger partial charge in [0.05, 0.1) is 5.92 Å². The van der Waals surface area contributed by atoms with Crippen LogP contribution in [0.4, 0.5) is 10.8 Å². The highest BCUT2D eigenvalue weighted by Crippen LogP contribution is 2.25. The lowest BCUT2D eigenvalue weighted by Gasteiger charge is -2.20. The van der Waals surface area contributed by atoms with Crippen LogP contribution in [0.3, 0.4) is 0 Å². The van der Waals surface area contributed by atoms with E-state index in [2.05, 4.69) is 15.6 Å². The second kappa shape index (κ2) is 9.53. The molecule has 2 aromatic carbocycles. The minimum absolute atomic E-state index is 0.0989. The molecule has 0 aliphatic carbocycles. The maximum atomic E-state index is 13.0. The summed E-state index contributed by atoms with van der Waals surface area (Å²) in [6.45, 7) is 0.292. The Hall–Kier alpha value is -3.52. The first-order valence-corrected chi connectivity index (χ1v) is 10.9. The Morgan fingerprint density at radius 3 is 2.48 bits per heavy atom. The Morgan fingerprint density at radius 1 is 1.10 bits per heavy atom. The summed E-state index contributed by atoms with van der Waals surface area (Å²) in [4.78, 5) is 44.0. The molecule has 4 rings (SSSR count). The molecule has 2 N–H and O–H groups in total. The van der Waals surface area contributed by atoms with Crippen molar-refractivity contribution in [3.8, 4) is 0 Å². The van der Waals surface area contributed by atoms with Crippen LogP contribution in [-0.2, 0) is 20.8 Å². The summed E-state index contributed by atoms with van der Waals surface area (Å²) in [5, 5.41) is 7.86. The fourth-order valence-corrected chi connectivity index (χ4v) is 4.10. The van der Waals surface area contributed by atoms with Crippen LogP contribution in [0.25, 0.3) is 0 Å². The van der Waals surface area contributed by atoms with Crippen molar-refractivity contribution in [3.63, 3.8) is 0 Å². The molecule has 3 aromatic rings. The van der Waals surface area contributed by atoms with Gasteiger partial charge in [-0.1, -0.05) is 48.5 Å². The molecular formula is C23H22N4O3S. The fraction of sp³-hybridized carbons (Fsp3) is 0.217. The average molecular weight is 435 g/mol. The molecule has 158 valence electrons. The summed E-state index contributed by atoms with van der Waals surface area (Å²) in [5.74, 6) is -1.25. The maximum Gasteiger partial charge on any atom is 0.249 e. The van der Waals surface area contributed by atoms with E-state index in [1.807, 2.05) is 60.7 Å². The minimum Gasteiger partial charge on any atom is -0.344 e. The number of hydrogen-bond donors (Lipinski definition) is 2. The number of amides is 3. The molecule has 2 atom stereocenters. The molecule has 0 radical (unpaired) electrons. The number of anilines is 2. The Labute approximate surface area is 184 Å². The van der Waals surface area contributed by atoms with Crippen LogP contribution in [0.2, 0.25) is 0 Å². The highest BCUT2D eigenvalue weighted by molar-refractivity contribution is 7.13. The number of carbonyl (C=O) groups excluding carboxylic acids is 3. The van der Waals surface area contributed by atoms with Crippen molar-refractivity contribution < 1.29 is 14.4 Å². The molecular weight excluding hydrogens is 412 g/mol. The molecule has 1 saturated heterocycles. The minimum atomic E-state index is -0.778. The molecule has 1 aliphatic rings. The van der Waals surface area contributed by atoms with E-state index < -0.39 is 12.0 Å². The van der Waals surface area contributed by atoms with Gasteiger partial charge in [0.15, 0.2) is 5.13 Å². The molecule has 1 aromatic heterocycles. The summed E-state index contributed by atoms with van der Waals surface area (Å²) < 4.78 is 0. The van der Waals surface area contributed by atoms with E-state index in [0.29, 0.717) is 18.1 Å². The molecule has 0 spiro atoms. The Morgan fingerprint density at radius 2 is 1.81 bits per heavy atom. The lowest BCUT2D eigenvalue weighted by molar-refractivity contribution is -0.129. The van der Waals surface area contributed by atoms with Gasteiger partial charge in [-0.3, -0.25) is 14.4 Å². The molecule has 3 amide bonds. The van der Waals surface area contributed by atoms with Gasteiger partial charge >= 0.3 is 0 Å². The number of thiazole rings is 1. The number of benzene rings is 2. The van der Waals surface area contributed by atoms with Gasteiger partial charge in [-0.15, -0.1) is 11.3 Å². The molecule has 0 unspecified atom stereocenters. The molecule has 7 nitrogen and oxygen atoms in total. The first-order valence-electron chi connectivity index (χ1n) is 10.0. The second-order valence-electron chi connectivity index (χ2n) is 7.32. The number of nitrogens with zero attached hydrogens (tertiary/aromatic N) is 2. The molecule has 0 bridgehead atoms. The monoisotopic (exact) mass is 434 g/mol. The highest BCUT2D eigenvalue weighted by atomic mass is 32.1. The quantitative estimate of drug-likeness (QED) is 0.598. The third-order valence-electron chi connectivity index (χ3n) is 5.14. The zero-order valence-electron chi connectivity index (χ0n) is 16.7. The third-order valence-corrected chi connectivity index (χ3v) is 5.83. The van der Waals surface area contributed by atoms with E-state index >= 15 is 0 Å². The molecule has 0 saturated carbocycles. The van der Waals surface area contributed by atoms with Crippen LogP contribution in [0, 0.1) is 5.92 Å². The van der Waals surface area contributed by atoms with Crippen molar-refractivity contribution in [2.45, 2.75) is 18.9 Å². The van der Waals surface area contributed by atoms with Crippen molar-refractivity contribution in [2.24, 2.45) is 5.92 Å². The zero-order chi connectivity index (χ0) is 21.6. The highest BCUT2D eigenvalue weighted by Gasteiger charge is 2.36.